The van der Waals surface area contributed by atoms with Crippen LogP contribution in [0.3, 0.4) is 0 Å². The summed E-state index contributed by atoms with van der Waals surface area (Å²) >= 11 is 1.35. The molecule has 4 aromatic rings. The Hall–Kier alpha value is -4.39. The van der Waals surface area contributed by atoms with E-state index in [1.165, 1.54) is 22.4 Å². The van der Waals surface area contributed by atoms with Gasteiger partial charge in [-0.3, -0.25) is 9.78 Å². The van der Waals surface area contributed by atoms with Crippen LogP contribution < -0.4 is 10.6 Å². The number of piperazine rings is 1. The van der Waals surface area contributed by atoms with Crippen LogP contribution in [0.25, 0.3) is 28.0 Å². The van der Waals surface area contributed by atoms with Gasteiger partial charge in [-0.25, -0.2) is 27.5 Å². The monoisotopic (exact) mass is 610 g/mol. The third-order valence-corrected chi connectivity index (χ3v) is 8.17. The van der Waals surface area contributed by atoms with Gasteiger partial charge in [-0.15, -0.1) is 11.8 Å². The van der Waals surface area contributed by atoms with Gasteiger partial charge in [-0.2, -0.15) is 4.98 Å². The number of thioether (sulfide) groups is 1. The summed E-state index contributed by atoms with van der Waals surface area (Å²) in [5.41, 5.74) is -1.37. The molecule has 1 aromatic carbocycles. The second kappa shape index (κ2) is 11.7. The maximum atomic E-state index is 15.9. The largest absolute Gasteiger partial charge is 0.507 e. The molecule has 5 rings (SSSR count). The standard InChI is InChI=1S/C30H29F3N6O3S/c1-6-22(41)37-11-12-38(16(4)14-37)28-17-13-19(32)26(23-20(40)8-7-18(31)24(23)33)35-29(17)39(30(42)36-28)27-21(43-5)9-10-34-25(27)15(2)3/h6-10,13,15-16,40H,1,11-12,14H2,2-5H3/t16-/m0/s1. The smallest absolute Gasteiger partial charge is 0.355 e. The fraction of sp³-hybridized carbons (Fsp3) is 0.300. The molecule has 1 amide bonds. The number of rotatable bonds is 6. The van der Waals surface area contributed by atoms with Crippen LogP contribution in [0.1, 0.15) is 32.4 Å². The molecular formula is C30H29F3N6O3S. The molecule has 1 saturated heterocycles. The number of hydrogen-bond acceptors (Lipinski definition) is 8. The van der Waals surface area contributed by atoms with E-state index in [9.17, 15) is 23.5 Å². The lowest BCUT2D eigenvalue weighted by Gasteiger charge is -2.40. The third kappa shape index (κ3) is 5.22. The van der Waals surface area contributed by atoms with Crippen molar-refractivity contribution in [1.82, 2.24) is 24.4 Å². The summed E-state index contributed by atoms with van der Waals surface area (Å²) in [6.45, 7) is 10.0. The van der Waals surface area contributed by atoms with Crippen molar-refractivity contribution in [1.29, 1.82) is 0 Å². The second-order valence-electron chi connectivity index (χ2n) is 10.4. The molecular weight excluding hydrogens is 581 g/mol. The van der Waals surface area contributed by atoms with E-state index in [0.29, 0.717) is 29.4 Å². The number of fused-ring (bicyclic) bond motifs is 1. The minimum absolute atomic E-state index is 0.0866. The summed E-state index contributed by atoms with van der Waals surface area (Å²) in [6, 6.07) is 4.07. The Bertz CT molecular complexity index is 1830. The van der Waals surface area contributed by atoms with Gasteiger partial charge in [0.05, 0.1) is 22.3 Å². The van der Waals surface area contributed by atoms with Crippen molar-refractivity contribution in [3.63, 3.8) is 0 Å². The second-order valence-corrected chi connectivity index (χ2v) is 11.3. The van der Waals surface area contributed by atoms with Crippen molar-refractivity contribution in [2.45, 2.75) is 37.6 Å². The Morgan fingerprint density at radius 2 is 1.91 bits per heavy atom. The topological polar surface area (TPSA) is 104 Å². The molecule has 1 aliphatic heterocycles. The first-order valence-electron chi connectivity index (χ1n) is 13.5. The molecule has 0 aliphatic carbocycles. The van der Waals surface area contributed by atoms with E-state index in [0.717, 1.165) is 18.2 Å². The zero-order valence-electron chi connectivity index (χ0n) is 23.9. The summed E-state index contributed by atoms with van der Waals surface area (Å²) in [4.78, 5) is 43.6. The number of aromatic nitrogens is 4. The van der Waals surface area contributed by atoms with Crippen LogP contribution in [0.2, 0.25) is 0 Å². The Balaban J connectivity index is 1.86. The number of phenolic OH excluding ortho intramolecular Hbond substituents is 1. The Morgan fingerprint density at radius 1 is 1.16 bits per heavy atom. The number of hydrogen-bond donors (Lipinski definition) is 1. The normalized spacial score (nSPS) is 15.4. The highest BCUT2D eigenvalue weighted by molar-refractivity contribution is 7.98. The molecule has 3 aromatic heterocycles. The molecule has 4 heterocycles. The van der Waals surface area contributed by atoms with E-state index in [4.69, 9.17) is 0 Å². The molecule has 0 bridgehead atoms. The van der Waals surface area contributed by atoms with Gasteiger partial charge in [0.15, 0.2) is 23.1 Å². The van der Waals surface area contributed by atoms with E-state index >= 15 is 4.39 Å². The summed E-state index contributed by atoms with van der Waals surface area (Å²) in [5, 5.41) is 10.6. The van der Waals surface area contributed by atoms with Gasteiger partial charge in [0, 0.05) is 36.8 Å². The van der Waals surface area contributed by atoms with Crippen LogP contribution in [0.15, 0.2) is 52.8 Å². The molecule has 9 nitrogen and oxygen atoms in total. The van der Waals surface area contributed by atoms with Gasteiger partial charge in [0.2, 0.25) is 5.91 Å². The maximum Gasteiger partial charge on any atom is 0.355 e. The number of amides is 1. The van der Waals surface area contributed by atoms with Crippen molar-refractivity contribution in [2.75, 3.05) is 30.8 Å². The fourth-order valence-corrected chi connectivity index (χ4v) is 5.92. The quantitative estimate of drug-likeness (QED) is 0.240. The molecule has 1 N–H and O–H groups in total. The van der Waals surface area contributed by atoms with Crippen molar-refractivity contribution < 1.29 is 23.1 Å². The van der Waals surface area contributed by atoms with Gasteiger partial charge in [0.1, 0.15) is 17.3 Å². The molecule has 1 aliphatic rings. The van der Waals surface area contributed by atoms with Crippen molar-refractivity contribution in [3.8, 4) is 22.7 Å². The number of benzene rings is 1. The molecule has 0 spiro atoms. The van der Waals surface area contributed by atoms with E-state index in [2.05, 4.69) is 21.5 Å². The highest BCUT2D eigenvalue weighted by Gasteiger charge is 2.31. The number of nitrogens with zero attached hydrogens (tertiary/aromatic N) is 6. The highest BCUT2D eigenvalue weighted by atomic mass is 32.2. The first-order valence-corrected chi connectivity index (χ1v) is 14.7. The van der Waals surface area contributed by atoms with Crippen LogP contribution in [0, 0.1) is 17.5 Å². The number of phenols is 1. The molecule has 1 fully saturated rings. The van der Waals surface area contributed by atoms with Gasteiger partial charge >= 0.3 is 5.69 Å². The Kier molecular flexibility index (Phi) is 8.19. The lowest BCUT2D eigenvalue weighted by molar-refractivity contribution is -0.126. The van der Waals surface area contributed by atoms with E-state index in [-0.39, 0.29) is 41.3 Å². The van der Waals surface area contributed by atoms with Crippen molar-refractivity contribution >= 4 is 34.5 Å². The van der Waals surface area contributed by atoms with Gasteiger partial charge in [0.25, 0.3) is 0 Å². The molecule has 224 valence electrons. The average Bonchev–Trinajstić information content (AvgIpc) is 2.98. The van der Waals surface area contributed by atoms with Gasteiger partial charge in [-0.1, -0.05) is 20.4 Å². The minimum Gasteiger partial charge on any atom is -0.507 e. The zero-order valence-corrected chi connectivity index (χ0v) is 24.8. The van der Waals surface area contributed by atoms with Crippen LogP contribution in [-0.2, 0) is 4.79 Å². The van der Waals surface area contributed by atoms with Gasteiger partial charge < -0.3 is 14.9 Å². The number of carbonyl (C=O) groups is 1. The summed E-state index contributed by atoms with van der Waals surface area (Å²) < 4.78 is 46.3. The zero-order chi connectivity index (χ0) is 31.2. The summed E-state index contributed by atoms with van der Waals surface area (Å²) in [7, 11) is 0. The van der Waals surface area contributed by atoms with Gasteiger partial charge in [-0.05, 0) is 49.4 Å². The first-order chi connectivity index (χ1) is 20.5. The first kappa shape index (κ1) is 30.1. The Morgan fingerprint density at radius 3 is 2.56 bits per heavy atom. The van der Waals surface area contributed by atoms with Crippen LogP contribution >= 0.6 is 11.8 Å². The predicted octanol–water partition coefficient (Wildman–Crippen LogP) is 5.03. The third-order valence-electron chi connectivity index (χ3n) is 7.40. The average molecular weight is 611 g/mol. The molecule has 0 radical (unpaired) electrons. The predicted molar refractivity (Wildman–Crippen MR) is 159 cm³/mol. The number of halogens is 3. The molecule has 43 heavy (non-hydrogen) atoms. The van der Waals surface area contributed by atoms with Crippen LogP contribution in [0.4, 0.5) is 19.0 Å². The minimum atomic E-state index is -1.49. The van der Waals surface area contributed by atoms with E-state index in [1.807, 2.05) is 27.0 Å². The summed E-state index contributed by atoms with van der Waals surface area (Å²) in [5.74, 6) is -4.84. The lowest BCUT2D eigenvalue weighted by atomic mass is 10.1. The van der Waals surface area contributed by atoms with Crippen LogP contribution in [-0.4, -0.2) is 67.4 Å². The van der Waals surface area contributed by atoms with Crippen molar-refractivity contribution in [2.24, 2.45) is 0 Å². The fourth-order valence-electron chi connectivity index (χ4n) is 5.33. The highest BCUT2D eigenvalue weighted by Crippen LogP contribution is 2.38. The number of aromatic hydroxyl groups is 1. The molecule has 1 atom stereocenters. The SMILES string of the molecule is C=CC(=O)N1CCN(c2nc(=O)n(-c3c(SC)ccnc3C(C)C)c3nc(-c4c(O)ccc(F)c4F)c(F)cc23)[C@@H](C)C1. The molecule has 0 unspecified atom stereocenters. The van der Waals surface area contributed by atoms with Crippen LogP contribution in [0.5, 0.6) is 5.75 Å². The van der Waals surface area contributed by atoms with E-state index < -0.39 is 40.1 Å². The number of pyridine rings is 2. The Labute approximate surface area is 249 Å². The number of anilines is 1. The molecule has 0 saturated carbocycles. The maximum absolute atomic E-state index is 15.9. The molecule has 13 heteroatoms. The lowest BCUT2D eigenvalue weighted by Crippen LogP contribution is -2.54. The van der Waals surface area contributed by atoms with E-state index in [1.54, 1.807) is 22.1 Å². The number of carbonyl (C=O) groups excluding carboxylic acids is 1. The summed E-state index contributed by atoms with van der Waals surface area (Å²) in [6.07, 6.45) is 4.66. The van der Waals surface area contributed by atoms with Crippen molar-refractivity contribution in [3.05, 3.63) is 76.7 Å².